The van der Waals surface area contributed by atoms with Gasteiger partial charge < -0.3 is 19.7 Å². The molecule has 2 atom stereocenters. The number of nitrogens with zero attached hydrogens (tertiary/aromatic N) is 4. The van der Waals surface area contributed by atoms with Crippen LogP contribution in [0.4, 0.5) is 4.79 Å². The second-order valence-corrected chi connectivity index (χ2v) is 10.3. The number of benzene rings is 1. The van der Waals surface area contributed by atoms with Gasteiger partial charge in [-0.2, -0.15) is 10.5 Å². The second-order valence-electron chi connectivity index (χ2n) is 9.28. The minimum Gasteiger partial charge on any atom is -0.444 e. The van der Waals surface area contributed by atoms with Crippen LogP contribution in [0.15, 0.2) is 24.3 Å². The van der Waals surface area contributed by atoms with Gasteiger partial charge in [-0.15, -0.1) is 11.3 Å². The van der Waals surface area contributed by atoms with Crippen LogP contribution < -0.4 is 5.32 Å². The number of carbonyl (C=O) groups is 2. The molecule has 35 heavy (non-hydrogen) atoms. The van der Waals surface area contributed by atoms with E-state index in [0.717, 1.165) is 16.1 Å². The van der Waals surface area contributed by atoms with E-state index in [-0.39, 0.29) is 6.54 Å². The Hall–Kier alpha value is -3.47. The summed E-state index contributed by atoms with van der Waals surface area (Å²) >= 11 is 1.34. The molecule has 2 heterocycles. The van der Waals surface area contributed by atoms with E-state index in [9.17, 15) is 14.9 Å². The lowest BCUT2D eigenvalue weighted by Crippen LogP contribution is -2.48. The maximum atomic E-state index is 12.9. The SMILES string of the molecule is Cc1nc(-c2ccc(C[C@@H](C#N)NC(=O)[C@@H]3CN(C(=O)OC(C)(C)C)CCCO3)cc2)sc1C#N. The zero-order valence-electron chi connectivity index (χ0n) is 20.3. The van der Waals surface area contributed by atoms with Crippen molar-refractivity contribution in [3.8, 4) is 22.7 Å². The van der Waals surface area contributed by atoms with Crippen molar-refractivity contribution < 1.29 is 19.1 Å². The zero-order valence-corrected chi connectivity index (χ0v) is 21.1. The lowest BCUT2D eigenvalue weighted by atomic mass is 10.0. The molecule has 2 aromatic rings. The number of amides is 2. The normalized spacial score (nSPS) is 17.0. The van der Waals surface area contributed by atoms with E-state index in [1.165, 1.54) is 16.2 Å². The van der Waals surface area contributed by atoms with Crippen molar-refractivity contribution in [3.63, 3.8) is 0 Å². The van der Waals surface area contributed by atoms with Gasteiger partial charge >= 0.3 is 6.09 Å². The first kappa shape index (κ1) is 26.1. The number of nitrogens with one attached hydrogen (secondary N) is 1. The van der Waals surface area contributed by atoms with Crippen LogP contribution in [0.5, 0.6) is 0 Å². The van der Waals surface area contributed by atoms with Gasteiger partial charge in [0.25, 0.3) is 5.91 Å². The van der Waals surface area contributed by atoms with E-state index >= 15 is 0 Å². The lowest BCUT2D eigenvalue weighted by molar-refractivity contribution is -0.133. The van der Waals surface area contributed by atoms with Crippen molar-refractivity contribution >= 4 is 23.3 Å². The zero-order chi connectivity index (χ0) is 25.6. The van der Waals surface area contributed by atoms with Gasteiger partial charge in [0.1, 0.15) is 27.6 Å². The number of rotatable bonds is 5. The van der Waals surface area contributed by atoms with E-state index in [2.05, 4.69) is 22.4 Å². The minimum atomic E-state index is -0.884. The van der Waals surface area contributed by atoms with Crippen molar-refractivity contribution in [3.05, 3.63) is 40.4 Å². The molecule has 0 aliphatic carbocycles. The molecule has 0 radical (unpaired) electrons. The highest BCUT2D eigenvalue weighted by molar-refractivity contribution is 7.15. The molecule has 2 amide bonds. The van der Waals surface area contributed by atoms with Crippen molar-refractivity contribution in [2.45, 2.75) is 58.3 Å². The summed E-state index contributed by atoms with van der Waals surface area (Å²) in [5.41, 5.74) is 1.82. The predicted molar refractivity (Wildman–Crippen MR) is 130 cm³/mol. The largest absolute Gasteiger partial charge is 0.444 e. The van der Waals surface area contributed by atoms with Gasteiger partial charge in [0.2, 0.25) is 0 Å². The average molecular weight is 496 g/mol. The molecule has 0 unspecified atom stereocenters. The van der Waals surface area contributed by atoms with Crippen molar-refractivity contribution in [1.29, 1.82) is 10.5 Å². The summed E-state index contributed by atoms with van der Waals surface area (Å²) in [7, 11) is 0. The summed E-state index contributed by atoms with van der Waals surface area (Å²) in [6.45, 7) is 7.99. The third kappa shape index (κ3) is 7.25. The van der Waals surface area contributed by atoms with E-state index in [4.69, 9.17) is 14.7 Å². The van der Waals surface area contributed by atoms with Crippen LogP contribution >= 0.6 is 11.3 Å². The van der Waals surface area contributed by atoms with Crippen molar-refractivity contribution in [2.24, 2.45) is 0 Å². The van der Waals surface area contributed by atoms with Crippen LogP contribution in [0.25, 0.3) is 10.6 Å². The van der Waals surface area contributed by atoms with Gasteiger partial charge in [-0.3, -0.25) is 4.79 Å². The molecule has 9 nitrogen and oxygen atoms in total. The Kier molecular flexibility index (Phi) is 8.44. The quantitative estimate of drug-likeness (QED) is 0.671. The van der Waals surface area contributed by atoms with Crippen LogP contribution in [-0.4, -0.2) is 59.3 Å². The highest BCUT2D eigenvalue weighted by Gasteiger charge is 2.31. The topological polar surface area (TPSA) is 128 Å². The van der Waals surface area contributed by atoms with Gasteiger partial charge in [0.05, 0.1) is 18.3 Å². The van der Waals surface area contributed by atoms with E-state index in [1.54, 1.807) is 27.7 Å². The van der Waals surface area contributed by atoms with Gasteiger partial charge in [0.15, 0.2) is 6.10 Å². The summed E-state index contributed by atoms with van der Waals surface area (Å²) in [5, 5.41) is 22.3. The minimum absolute atomic E-state index is 0.0610. The van der Waals surface area contributed by atoms with Crippen LogP contribution in [0.1, 0.15) is 43.3 Å². The molecule has 1 aliphatic heterocycles. The van der Waals surface area contributed by atoms with E-state index < -0.39 is 29.7 Å². The van der Waals surface area contributed by atoms with Crippen LogP contribution in [0, 0.1) is 29.6 Å². The fourth-order valence-corrected chi connectivity index (χ4v) is 4.38. The standard InChI is InChI=1S/C25H29N5O4S/c1-16-21(14-27)35-23(28-16)18-8-6-17(7-9-18)12-19(13-26)29-22(31)20-15-30(10-5-11-33-20)24(32)34-25(2,3)4/h6-9,19-20H,5,10-12,15H2,1-4H3,(H,29,31)/t19-,20-/m0/s1. The molecule has 1 aliphatic rings. The summed E-state index contributed by atoms with van der Waals surface area (Å²) in [6.07, 6.45) is -0.475. The molecule has 0 saturated carbocycles. The highest BCUT2D eigenvalue weighted by atomic mass is 32.1. The average Bonchev–Trinajstić information content (AvgIpc) is 3.01. The number of ether oxygens (including phenoxy) is 2. The molecule has 10 heteroatoms. The lowest BCUT2D eigenvalue weighted by Gasteiger charge is -2.27. The fourth-order valence-electron chi connectivity index (χ4n) is 3.51. The molecule has 184 valence electrons. The van der Waals surface area contributed by atoms with E-state index in [0.29, 0.717) is 36.6 Å². The number of carbonyl (C=O) groups excluding carboxylic acids is 2. The Morgan fingerprint density at radius 3 is 2.63 bits per heavy atom. The Morgan fingerprint density at radius 2 is 2.03 bits per heavy atom. The highest BCUT2D eigenvalue weighted by Crippen LogP contribution is 2.27. The van der Waals surface area contributed by atoms with Crippen molar-refractivity contribution in [1.82, 2.24) is 15.2 Å². The fraction of sp³-hybridized carbons (Fsp3) is 0.480. The number of aryl methyl sites for hydroxylation is 1. The van der Waals surface area contributed by atoms with Crippen molar-refractivity contribution in [2.75, 3.05) is 19.7 Å². The molecular formula is C25H29N5O4S. The smallest absolute Gasteiger partial charge is 0.410 e. The molecule has 1 aromatic carbocycles. The summed E-state index contributed by atoms with van der Waals surface area (Å²) < 4.78 is 11.1. The maximum absolute atomic E-state index is 12.9. The van der Waals surface area contributed by atoms with Crippen LogP contribution in [-0.2, 0) is 20.7 Å². The van der Waals surface area contributed by atoms with Gasteiger partial charge in [-0.25, -0.2) is 9.78 Å². The molecular weight excluding hydrogens is 466 g/mol. The molecule has 1 aromatic heterocycles. The third-order valence-electron chi connectivity index (χ3n) is 5.23. The Labute approximate surface area is 209 Å². The van der Waals surface area contributed by atoms with Gasteiger partial charge in [0, 0.05) is 25.1 Å². The second kappa shape index (κ2) is 11.3. The van der Waals surface area contributed by atoms with Crippen LogP contribution in [0.3, 0.4) is 0 Å². The van der Waals surface area contributed by atoms with Gasteiger partial charge in [-0.1, -0.05) is 24.3 Å². The molecule has 0 bridgehead atoms. The maximum Gasteiger partial charge on any atom is 0.410 e. The number of hydrogen-bond acceptors (Lipinski definition) is 8. The molecule has 0 spiro atoms. The molecule has 1 saturated heterocycles. The van der Waals surface area contributed by atoms with E-state index in [1.807, 2.05) is 24.3 Å². The number of nitriles is 2. The first-order valence-corrected chi connectivity index (χ1v) is 12.2. The Bertz CT molecular complexity index is 1140. The predicted octanol–water partition coefficient (Wildman–Crippen LogP) is 3.57. The summed E-state index contributed by atoms with van der Waals surface area (Å²) in [4.78, 5) is 31.8. The first-order chi connectivity index (χ1) is 16.6. The monoisotopic (exact) mass is 495 g/mol. The summed E-state index contributed by atoms with van der Waals surface area (Å²) in [5.74, 6) is -0.439. The molecule has 3 rings (SSSR count). The third-order valence-corrected chi connectivity index (χ3v) is 6.34. The van der Waals surface area contributed by atoms with Gasteiger partial charge in [-0.05, 0) is 39.7 Å². The molecule has 1 N–H and O–H groups in total. The summed E-state index contributed by atoms with van der Waals surface area (Å²) in [6, 6.07) is 11.0. The number of hydrogen-bond donors (Lipinski definition) is 1. The number of thiazole rings is 1. The Morgan fingerprint density at radius 1 is 1.31 bits per heavy atom. The Balaban J connectivity index is 1.61. The van der Waals surface area contributed by atoms with Crippen LogP contribution in [0.2, 0.25) is 0 Å². The molecule has 1 fully saturated rings. The number of aromatic nitrogens is 1. The first-order valence-electron chi connectivity index (χ1n) is 11.4.